The van der Waals surface area contributed by atoms with Crippen LogP contribution in [0.15, 0.2) is 0 Å². The summed E-state index contributed by atoms with van der Waals surface area (Å²) in [4.78, 5) is 0. The van der Waals surface area contributed by atoms with Crippen LogP contribution in [0, 0.1) is 0 Å². The van der Waals surface area contributed by atoms with Crippen molar-refractivity contribution in [2.45, 2.75) is 0 Å². The second-order valence-electron chi connectivity index (χ2n) is 0. The molecular formula is CH8ClNSi. The number of hydrogen-bond acceptors (Lipinski definition) is 1. The molecule has 0 rings (SSSR count). The van der Waals surface area contributed by atoms with E-state index in [-0.39, 0.29) is 0 Å². The topological polar surface area (TPSA) is 26.0 Å². The molecule has 28 valence electrons. The van der Waals surface area contributed by atoms with Crippen LogP contribution in [0.25, 0.3) is 0 Å². The lowest BCUT2D eigenvalue weighted by molar-refractivity contribution is 1.48. The van der Waals surface area contributed by atoms with Gasteiger partial charge < -0.3 is 5.73 Å². The van der Waals surface area contributed by atoms with Crippen LogP contribution in [0.3, 0.4) is 0 Å². The minimum atomic E-state index is 0.778. The highest BCUT2D eigenvalue weighted by Gasteiger charge is 0.975. The first kappa shape index (κ1) is 8.82. The summed E-state index contributed by atoms with van der Waals surface area (Å²) in [7, 11) is 2.28. The molecule has 0 heterocycles. The standard InChI is InChI=1S/CH5N.ClH3Si/c2*1-2/h2H2,1H3;2H3. The van der Waals surface area contributed by atoms with Crippen molar-refractivity contribution < 1.29 is 0 Å². The van der Waals surface area contributed by atoms with Gasteiger partial charge in [0.05, 0.1) is 0 Å². The first-order chi connectivity index (χ1) is 2.00. The quantitative estimate of drug-likeness (QED) is 0.307. The highest BCUT2D eigenvalue weighted by atomic mass is 35.6. The van der Waals surface area contributed by atoms with E-state index in [1.165, 1.54) is 7.05 Å². The Morgan fingerprint density at radius 3 is 1.50 bits per heavy atom. The molecule has 0 unspecified atom stereocenters. The minimum absolute atomic E-state index is 0.778. The van der Waals surface area contributed by atoms with E-state index in [4.69, 9.17) is 11.1 Å². The predicted molar refractivity (Wildman–Crippen MR) is 25.9 cm³/mol. The second kappa shape index (κ2) is 96.8. The van der Waals surface area contributed by atoms with E-state index < -0.39 is 0 Å². The fraction of sp³-hybridized carbons (Fsp3) is 1.00. The van der Waals surface area contributed by atoms with Crippen LogP contribution in [0.5, 0.6) is 0 Å². The predicted octanol–water partition coefficient (Wildman–Crippen LogP) is -0.919. The van der Waals surface area contributed by atoms with Gasteiger partial charge in [-0.05, 0) is 7.05 Å². The molecule has 2 N–H and O–H groups in total. The van der Waals surface area contributed by atoms with Gasteiger partial charge in [0.1, 0.15) is 9.55 Å². The molecule has 0 aromatic carbocycles. The van der Waals surface area contributed by atoms with Gasteiger partial charge in [-0.25, -0.2) is 0 Å². The molecule has 0 fully saturated rings. The maximum absolute atomic E-state index is 4.78. The molecule has 0 saturated heterocycles. The molecule has 0 aliphatic carbocycles. The van der Waals surface area contributed by atoms with Gasteiger partial charge in [0.15, 0.2) is 0 Å². The summed E-state index contributed by atoms with van der Waals surface area (Å²) in [6, 6.07) is 0. The molecule has 1 nitrogen and oxygen atoms in total. The van der Waals surface area contributed by atoms with Crippen molar-refractivity contribution in [3.63, 3.8) is 0 Å². The zero-order chi connectivity index (χ0) is 4.00. The molecule has 3 heteroatoms. The van der Waals surface area contributed by atoms with Crippen molar-refractivity contribution in [3.8, 4) is 0 Å². The van der Waals surface area contributed by atoms with E-state index >= 15 is 0 Å². The van der Waals surface area contributed by atoms with Crippen LogP contribution in [0.2, 0.25) is 0 Å². The fourth-order valence-corrected chi connectivity index (χ4v) is 0. The van der Waals surface area contributed by atoms with Crippen molar-refractivity contribution in [3.05, 3.63) is 0 Å². The second-order valence-corrected chi connectivity index (χ2v) is 0. The monoisotopic (exact) mass is 97.0 g/mol. The van der Waals surface area contributed by atoms with Gasteiger partial charge in [0, 0.05) is 0 Å². The van der Waals surface area contributed by atoms with E-state index in [2.05, 4.69) is 5.73 Å². The molecule has 0 aromatic rings. The van der Waals surface area contributed by atoms with Crippen molar-refractivity contribution >= 4 is 20.6 Å². The minimum Gasteiger partial charge on any atom is -0.333 e. The third-order valence-electron chi connectivity index (χ3n) is 0. The summed E-state index contributed by atoms with van der Waals surface area (Å²) < 4.78 is 0. The van der Waals surface area contributed by atoms with Crippen LogP contribution in [0.4, 0.5) is 0 Å². The molecular weight excluding hydrogens is 89.6 g/mol. The highest BCUT2D eigenvalue weighted by molar-refractivity contribution is 6.80. The Hall–Kier alpha value is 0.467. The first-order valence-electron chi connectivity index (χ1n) is 0.955. The molecule has 0 aliphatic rings. The average Bonchev–Trinajstić information content (AvgIpc) is 1.50. The van der Waals surface area contributed by atoms with Crippen LogP contribution < -0.4 is 5.73 Å². The molecule has 0 radical (unpaired) electrons. The van der Waals surface area contributed by atoms with Gasteiger partial charge >= 0.3 is 0 Å². The summed E-state index contributed by atoms with van der Waals surface area (Å²) in [5.74, 6) is 0. The zero-order valence-electron chi connectivity index (χ0n) is 2.96. The summed E-state index contributed by atoms with van der Waals surface area (Å²) in [6.07, 6.45) is 0. The first-order valence-corrected chi connectivity index (χ1v) is 3.98. The van der Waals surface area contributed by atoms with Crippen molar-refractivity contribution in [2.75, 3.05) is 7.05 Å². The number of hydrogen-bond donors (Lipinski definition) is 1. The summed E-state index contributed by atoms with van der Waals surface area (Å²) in [5.41, 5.74) is 4.50. The Balaban J connectivity index is 0. The van der Waals surface area contributed by atoms with Gasteiger partial charge in [0.25, 0.3) is 0 Å². The summed E-state index contributed by atoms with van der Waals surface area (Å²) in [6.45, 7) is 0. The lowest BCUT2D eigenvalue weighted by Gasteiger charge is -1.19. The van der Waals surface area contributed by atoms with Crippen LogP contribution >= 0.6 is 11.1 Å². The molecule has 0 atom stereocenters. The average molecular weight is 97.6 g/mol. The van der Waals surface area contributed by atoms with E-state index in [1.54, 1.807) is 0 Å². The largest absolute Gasteiger partial charge is 0.333 e. The van der Waals surface area contributed by atoms with Crippen molar-refractivity contribution in [2.24, 2.45) is 5.73 Å². The SMILES string of the molecule is CN.[SiH3]Cl. The van der Waals surface area contributed by atoms with Gasteiger partial charge in [-0.3, -0.25) is 0 Å². The van der Waals surface area contributed by atoms with Gasteiger partial charge in [-0.15, -0.1) is 0 Å². The normalized spacial score (nSPS) is 3.75. The Morgan fingerprint density at radius 1 is 1.50 bits per heavy atom. The fourth-order valence-electron chi connectivity index (χ4n) is 0. The lowest BCUT2D eigenvalue weighted by Crippen LogP contribution is -1.69. The van der Waals surface area contributed by atoms with Crippen LogP contribution in [0.1, 0.15) is 0 Å². The van der Waals surface area contributed by atoms with Gasteiger partial charge in [-0.1, -0.05) is 0 Å². The highest BCUT2D eigenvalue weighted by Crippen LogP contribution is 1.29. The summed E-state index contributed by atoms with van der Waals surface area (Å²) in [5, 5.41) is 0. The molecule has 4 heavy (non-hydrogen) atoms. The Kier molecular flexibility index (Phi) is 213. The third kappa shape index (κ3) is 24.4. The molecule has 0 bridgehead atoms. The Morgan fingerprint density at radius 2 is 1.50 bits per heavy atom. The number of nitrogens with two attached hydrogens (primary N) is 1. The van der Waals surface area contributed by atoms with Crippen LogP contribution in [-0.4, -0.2) is 16.6 Å². The maximum atomic E-state index is 4.78. The molecule has 0 aliphatic heterocycles. The summed E-state index contributed by atoms with van der Waals surface area (Å²) >= 11 is 4.78. The van der Waals surface area contributed by atoms with Gasteiger partial charge in [0.2, 0.25) is 0 Å². The zero-order valence-corrected chi connectivity index (χ0v) is 5.71. The van der Waals surface area contributed by atoms with E-state index in [9.17, 15) is 0 Å². The smallest absolute Gasteiger partial charge is 0.109 e. The van der Waals surface area contributed by atoms with Crippen molar-refractivity contribution in [1.29, 1.82) is 0 Å². The molecule has 0 saturated carbocycles. The van der Waals surface area contributed by atoms with E-state index in [0.29, 0.717) is 0 Å². The molecule has 0 spiro atoms. The Labute approximate surface area is 34.3 Å². The number of halogens is 1. The lowest BCUT2D eigenvalue weighted by atomic mass is 11.6. The van der Waals surface area contributed by atoms with E-state index in [0.717, 1.165) is 9.55 Å². The van der Waals surface area contributed by atoms with Crippen LogP contribution in [-0.2, 0) is 0 Å². The van der Waals surface area contributed by atoms with E-state index in [1.807, 2.05) is 0 Å². The Bertz CT molecular complexity index is 8.00. The number of rotatable bonds is 0. The van der Waals surface area contributed by atoms with Crippen molar-refractivity contribution in [1.82, 2.24) is 0 Å². The third-order valence-corrected chi connectivity index (χ3v) is 0. The van der Waals surface area contributed by atoms with Gasteiger partial charge in [-0.2, -0.15) is 11.1 Å². The maximum Gasteiger partial charge on any atom is 0.109 e. The molecule has 0 aromatic heterocycles. The molecule has 0 amide bonds.